The molecule has 4 heterocycles. The Labute approximate surface area is 200 Å². The Kier molecular flexibility index (Phi) is 5.90. The van der Waals surface area contributed by atoms with Crippen molar-refractivity contribution < 1.29 is 9.32 Å². The molecule has 178 valence electrons. The lowest BCUT2D eigenvalue weighted by Gasteiger charge is -2.34. The van der Waals surface area contributed by atoms with Crippen LogP contribution in [0.5, 0.6) is 0 Å². The molecule has 0 spiro atoms. The number of aryl methyl sites for hydroxylation is 1. The Hall–Kier alpha value is -3.19. The molecule has 0 saturated carbocycles. The number of fused-ring (bicyclic) bond motifs is 2. The van der Waals surface area contributed by atoms with E-state index in [1.54, 1.807) is 6.07 Å². The first-order chi connectivity index (χ1) is 16.3. The van der Waals surface area contributed by atoms with Gasteiger partial charge in [0, 0.05) is 55.5 Å². The van der Waals surface area contributed by atoms with Crippen LogP contribution in [0.3, 0.4) is 0 Å². The molecule has 2 unspecified atom stereocenters. The van der Waals surface area contributed by atoms with Gasteiger partial charge in [-0.05, 0) is 42.0 Å². The van der Waals surface area contributed by atoms with Gasteiger partial charge in [-0.2, -0.15) is 0 Å². The predicted octanol–water partition coefficient (Wildman–Crippen LogP) is 4.07. The Bertz CT molecular complexity index is 1180. The van der Waals surface area contributed by atoms with Crippen LogP contribution in [0.15, 0.2) is 47.2 Å². The summed E-state index contributed by atoms with van der Waals surface area (Å²) < 4.78 is 5.35. The standard InChI is InChI=1S/C27H33N5O2/c1-17-9-19(22-7-8-28-14-24(22)32-15-18-10-21(16-32)29-12-18)5-6-20(17)13-30-26(33)23-11-25(34-31-23)27(2,3)4/h5-9,11,14,18,21,29H,10,12-13,15-16H2,1-4H3,(H,30,33). The molecule has 0 aliphatic carbocycles. The molecule has 2 atom stereocenters. The van der Waals surface area contributed by atoms with Crippen LogP contribution >= 0.6 is 0 Å². The number of aromatic nitrogens is 2. The highest BCUT2D eigenvalue weighted by Crippen LogP contribution is 2.35. The molecule has 2 saturated heterocycles. The molecule has 34 heavy (non-hydrogen) atoms. The molecular weight excluding hydrogens is 426 g/mol. The first-order valence-corrected chi connectivity index (χ1v) is 12.1. The second kappa shape index (κ2) is 8.87. The van der Waals surface area contributed by atoms with Crippen molar-refractivity contribution in [1.29, 1.82) is 0 Å². The largest absolute Gasteiger partial charge is 0.368 e. The SMILES string of the molecule is Cc1cc(-c2ccncc2N2CC3CNC(C3)C2)ccc1CNC(=O)c1cc(C(C)(C)C)on1. The molecule has 7 heteroatoms. The zero-order valence-corrected chi connectivity index (χ0v) is 20.4. The second-order valence-corrected chi connectivity index (χ2v) is 10.7. The Balaban J connectivity index is 1.30. The maximum absolute atomic E-state index is 12.6. The molecule has 0 radical (unpaired) electrons. The fraction of sp³-hybridized carbons (Fsp3) is 0.444. The van der Waals surface area contributed by atoms with Crippen molar-refractivity contribution in [1.82, 2.24) is 20.8 Å². The predicted molar refractivity (Wildman–Crippen MR) is 133 cm³/mol. The summed E-state index contributed by atoms with van der Waals surface area (Å²) in [5.41, 5.74) is 5.90. The van der Waals surface area contributed by atoms with Crippen LogP contribution in [0.4, 0.5) is 5.69 Å². The average molecular weight is 460 g/mol. The minimum Gasteiger partial charge on any atom is -0.368 e. The van der Waals surface area contributed by atoms with E-state index in [0.717, 1.165) is 30.8 Å². The van der Waals surface area contributed by atoms with E-state index in [-0.39, 0.29) is 11.3 Å². The molecular formula is C27H33N5O2. The van der Waals surface area contributed by atoms with E-state index >= 15 is 0 Å². The van der Waals surface area contributed by atoms with E-state index in [1.807, 2.05) is 33.2 Å². The van der Waals surface area contributed by atoms with Crippen molar-refractivity contribution in [3.63, 3.8) is 0 Å². The van der Waals surface area contributed by atoms with E-state index in [1.165, 1.54) is 23.2 Å². The van der Waals surface area contributed by atoms with Gasteiger partial charge in [0.15, 0.2) is 5.69 Å². The summed E-state index contributed by atoms with van der Waals surface area (Å²) in [6.07, 6.45) is 5.13. The normalized spacial score (nSPS) is 19.9. The number of amides is 1. The van der Waals surface area contributed by atoms with Crippen LogP contribution in [0.25, 0.3) is 11.1 Å². The van der Waals surface area contributed by atoms with E-state index in [2.05, 4.69) is 56.9 Å². The number of anilines is 1. The number of carbonyl (C=O) groups excluding carboxylic acids is 1. The summed E-state index contributed by atoms with van der Waals surface area (Å²) in [6.45, 7) is 11.8. The Morgan fingerprint density at radius 1 is 1.24 bits per heavy atom. The lowest BCUT2D eigenvalue weighted by Crippen LogP contribution is -2.41. The first-order valence-electron chi connectivity index (χ1n) is 12.1. The van der Waals surface area contributed by atoms with E-state index in [9.17, 15) is 4.79 Å². The van der Waals surface area contributed by atoms with Gasteiger partial charge in [-0.25, -0.2) is 0 Å². The van der Waals surface area contributed by atoms with Gasteiger partial charge >= 0.3 is 0 Å². The fourth-order valence-corrected chi connectivity index (χ4v) is 4.98. The summed E-state index contributed by atoms with van der Waals surface area (Å²) in [6, 6.07) is 10.8. The molecule has 2 fully saturated rings. The summed E-state index contributed by atoms with van der Waals surface area (Å²) in [5.74, 6) is 1.18. The Morgan fingerprint density at radius 2 is 2.09 bits per heavy atom. The second-order valence-electron chi connectivity index (χ2n) is 10.7. The van der Waals surface area contributed by atoms with E-state index in [4.69, 9.17) is 4.52 Å². The maximum Gasteiger partial charge on any atom is 0.273 e. The highest BCUT2D eigenvalue weighted by molar-refractivity contribution is 5.92. The number of nitrogens with one attached hydrogen (secondary N) is 2. The van der Waals surface area contributed by atoms with Gasteiger partial charge in [0.1, 0.15) is 5.76 Å². The van der Waals surface area contributed by atoms with Crippen LogP contribution in [0.2, 0.25) is 0 Å². The smallest absolute Gasteiger partial charge is 0.273 e. The molecule has 5 rings (SSSR count). The molecule has 1 amide bonds. The summed E-state index contributed by atoms with van der Waals surface area (Å²) in [4.78, 5) is 19.5. The topological polar surface area (TPSA) is 83.3 Å². The molecule has 2 aliphatic rings. The van der Waals surface area contributed by atoms with Crippen molar-refractivity contribution in [3.8, 4) is 11.1 Å². The lowest BCUT2D eigenvalue weighted by atomic mass is 9.93. The highest BCUT2D eigenvalue weighted by atomic mass is 16.5. The van der Waals surface area contributed by atoms with Gasteiger partial charge in [0.2, 0.25) is 0 Å². The number of hydrogen-bond acceptors (Lipinski definition) is 6. The van der Waals surface area contributed by atoms with Gasteiger partial charge in [0.25, 0.3) is 5.91 Å². The quantitative estimate of drug-likeness (QED) is 0.599. The molecule has 2 aromatic heterocycles. The summed E-state index contributed by atoms with van der Waals surface area (Å²) >= 11 is 0. The first kappa shape index (κ1) is 22.6. The zero-order chi connectivity index (χ0) is 23.9. The van der Waals surface area contributed by atoms with Crippen molar-refractivity contribution in [3.05, 3.63) is 65.3 Å². The molecule has 7 nitrogen and oxygen atoms in total. The minimum atomic E-state index is -0.229. The van der Waals surface area contributed by atoms with Crippen LogP contribution < -0.4 is 15.5 Å². The zero-order valence-electron chi connectivity index (χ0n) is 20.4. The number of hydrogen-bond donors (Lipinski definition) is 2. The van der Waals surface area contributed by atoms with Crippen molar-refractivity contribution >= 4 is 11.6 Å². The van der Waals surface area contributed by atoms with Gasteiger partial charge in [0.05, 0.1) is 11.9 Å². The van der Waals surface area contributed by atoms with Gasteiger partial charge in [-0.15, -0.1) is 0 Å². The average Bonchev–Trinajstić information content (AvgIpc) is 3.45. The summed E-state index contributed by atoms with van der Waals surface area (Å²) in [5, 5.41) is 10.5. The molecule has 2 bridgehead atoms. The van der Waals surface area contributed by atoms with Crippen LogP contribution in [0, 0.1) is 12.8 Å². The van der Waals surface area contributed by atoms with Crippen LogP contribution in [-0.2, 0) is 12.0 Å². The third-order valence-electron chi connectivity index (χ3n) is 6.95. The molecule has 2 N–H and O–H groups in total. The highest BCUT2D eigenvalue weighted by Gasteiger charge is 2.33. The van der Waals surface area contributed by atoms with Gasteiger partial charge < -0.3 is 20.1 Å². The maximum atomic E-state index is 12.6. The van der Waals surface area contributed by atoms with Crippen LogP contribution in [-0.4, -0.2) is 41.7 Å². The number of carbonyl (C=O) groups is 1. The molecule has 2 aliphatic heterocycles. The van der Waals surface area contributed by atoms with Gasteiger partial charge in [-0.3, -0.25) is 9.78 Å². The third-order valence-corrected chi connectivity index (χ3v) is 6.95. The number of piperidine rings is 1. The minimum absolute atomic E-state index is 0.186. The monoisotopic (exact) mass is 459 g/mol. The van der Waals surface area contributed by atoms with Crippen molar-refractivity contribution in [2.45, 2.75) is 52.1 Å². The molecule has 3 aromatic rings. The number of nitrogens with zero attached hydrogens (tertiary/aromatic N) is 3. The summed E-state index contributed by atoms with van der Waals surface area (Å²) in [7, 11) is 0. The molecule has 1 aromatic carbocycles. The fourth-order valence-electron chi connectivity index (χ4n) is 4.98. The number of benzene rings is 1. The van der Waals surface area contributed by atoms with E-state index in [0.29, 0.717) is 30.0 Å². The lowest BCUT2D eigenvalue weighted by molar-refractivity contribution is 0.0941. The Morgan fingerprint density at radius 3 is 2.82 bits per heavy atom. The van der Waals surface area contributed by atoms with Gasteiger partial charge in [-0.1, -0.05) is 44.1 Å². The third kappa shape index (κ3) is 4.57. The van der Waals surface area contributed by atoms with E-state index < -0.39 is 0 Å². The number of pyridine rings is 1. The number of rotatable bonds is 5. The van der Waals surface area contributed by atoms with Crippen LogP contribution in [0.1, 0.15) is 54.6 Å². The van der Waals surface area contributed by atoms with Crippen molar-refractivity contribution in [2.75, 3.05) is 24.5 Å². The van der Waals surface area contributed by atoms with Crippen molar-refractivity contribution in [2.24, 2.45) is 5.92 Å².